The van der Waals surface area contributed by atoms with Crippen LogP contribution in [-0.2, 0) is 5.88 Å². The van der Waals surface area contributed by atoms with Gasteiger partial charge in [0, 0.05) is 17.5 Å². The Hall–Kier alpha value is -1.23. The molecule has 2 nitrogen and oxygen atoms in total. The summed E-state index contributed by atoms with van der Waals surface area (Å²) in [5.41, 5.74) is 1.04. The number of amides is 1. The number of alkyl halides is 4. The first-order chi connectivity index (χ1) is 8.74. The lowest BCUT2D eigenvalue weighted by Crippen LogP contribution is -2.43. The van der Waals surface area contributed by atoms with Crippen molar-refractivity contribution >= 4 is 17.5 Å². The number of carbonyl (C=O) groups excluding carboxylic acids is 1. The van der Waals surface area contributed by atoms with Gasteiger partial charge in [0.05, 0.1) is 0 Å². The van der Waals surface area contributed by atoms with Crippen LogP contribution in [-0.4, -0.2) is 29.6 Å². The topological polar surface area (TPSA) is 20.3 Å². The Balaban J connectivity index is 2.92. The molecule has 0 saturated heterocycles. The molecule has 0 N–H and O–H groups in total. The van der Waals surface area contributed by atoms with Gasteiger partial charge in [-0.05, 0) is 31.5 Å². The van der Waals surface area contributed by atoms with E-state index in [0.717, 1.165) is 10.5 Å². The molecule has 1 rings (SSSR count). The number of nitrogens with zero attached hydrogens (tertiary/aromatic N) is 1. The first kappa shape index (κ1) is 15.8. The largest absolute Gasteiger partial charge is 0.406 e. The first-order valence-corrected chi connectivity index (χ1v) is 6.30. The molecule has 0 fully saturated rings. The van der Waals surface area contributed by atoms with E-state index >= 15 is 0 Å². The molecule has 19 heavy (non-hydrogen) atoms. The highest BCUT2D eigenvalue weighted by Gasteiger charge is 2.34. The SMILES string of the molecule is CC(C)N(CC(F)(F)F)C(=O)c1ccc(CCl)cc1. The zero-order chi connectivity index (χ0) is 14.6. The molecule has 1 amide bonds. The average Bonchev–Trinajstić information content (AvgIpc) is 2.34. The fourth-order valence-electron chi connectivity index (χ4n) is 1.58. The van der Waals surface area contributed by atoms with E-state index in [-0.39, 0.29) is 5.56 Å². The molecule has 106 valence electrons. The van der Waals surface area contributed by atoms with Gasteiger partial charge in [-0.15, -0.1) is 11.6 Å². The Morgan fingerprint density at radius 3 is 2.16 bits per heavy atom. The summed E-state index contributed by atoms with van der Waals surface area (Å²) in [6, 6.07) is 5.72. The monoisotopic (exact) mass is 293 g/mol. The van der Waals surface area contributed by atoms with Crippen molar-refractivity contribution in [3.8, 4) is 0 Å². The Morgan fingerprint density at radius 1 is 1.26 bits per heavy atom. The second kappa shape index (κ2) is 6.28. The third-order valence-electron chi connectivity index (χ3n) is 2.59. The molecule has 0 aliphatic rings. The van der Waals surface area contributed by atoms with Gasteiger partial charge in [-0.25, -0.2) is 0 Å². The van der Waals surface area contributed by atoms with Crippen LogP contribution in [0.25, 0.3) is 0 Å². The van der Waals surface area contributed by atoms with Gasteiger partial charge in [0.1, 0.15) is 6.54 Å². The number of benzene rings is 1. The van der Waals surface area contributed by atoms with Crippen molar-refractivity contribution in [3.63, 3.8) is 0 Å². The summed E-state index contributed by atoms with van der Waals surface area (Å²) in [5, 5.41) is 0. The normalized spacial score (nSPS) is 11.7. The summed E-state index contributed by atoms with van der Waals surface area (Å²) in [5.74, 6) is -0.335. The molecule has 0 saturated carbocycles. The third-order valence-corrected chi connectivity index (χ3v) is 2.90. The zero-order valence-electron chi connectivity index (χ0n) is 10.7. The van der Waals surface area contributed by atoms with Gasteiger partial charge >= 0.3 is 6.18 Å². The fraction of sp³-hybridized carbons (Fsp3) is 0.462. The van der Waals surface area contributed by atoms with Crippen LogP contribution in [0.2, 0.25) is 0 Å². The van der Waals surface area contributed by atoms with Gasteiger partial charge in [-0.3, -0.25) is 4.79 Å². The van der Waals surface area contributed by atoms with Gasteiger partial charge in [-0.2, -0.15) is 13.2 Å². The lowest BCUT2D eigenvalue weighted by atomic mass is 10.1. The van der Waals surface area contributed by atoms with Crippen molar-refractivity contribution in [1.82, 2.24) is 4.90 Å². The lowest BCUT2D eigenvalue weighted by Gasteiger charge is -2.27. The number of halogens is 4. The Morgan fingerprint density at radius 2 is 1.79 bits per heavy atom. The van der Waals surface area contributed by atoms with Crippen LogP contribution in [0.5, 0.6) is 0 Å². The lowest BCUT2D eigenvalue weighted by molar-refractivity contribution is -0.143. The van der Waals surface area contributed by atoms with Crippen molar-refractivity contribution < 1.29 is 18.0 Å². The van der Waals surface area contributed by atoms with E-state index in [0.29, 0.717) is 5.88 Å². The molecule has 0 unspecified atom stereocenters. The number of hydrogen-bond donors (Lipinski definition) is 0. The van der Waals surface area contributed by atoms with Crippen molar-refractivity contribution in [2.24, 2.45) is 0 Å². The minimum absolute atomic E-state index is 0.229. The third kappa shape index (κ3) is 4.74. The van der Waals surface area contributed by atoms with Crippen molar-refractivity contribution in [2.75, 3.05) is 6.54 Å². The van der Waals surface area contributed by atoms with Crippen LogP contribution in [0.3, 0.4) is 0 Å². The molecule has 0 aromatic heterocycles. The van der Waals surface area contributed by atoms with E-state index in [1.807, 2.05) is 0 Å². The summed E-state index contributed by atoms with van der Waals surface area (Å²) in [7, 11) is 0. The summed E-state index contributed by atoms with van der Waals surface area (Å²) in [6.07, 6.45) is -4.41. The summed E-state index contributed by atoms with van der Waals surface area (Å²) in [4.78, 5) is 12.9. The minimum Gasteiger partial charge on any atom is -0.327 e. The molecule has 0 radical (unpaired) electrons. The van der Waals surface area contributed by atoms with Gasteiger partial charge in [-0.1, -0.05) is 12.1 Å². The molecule has 0 aliphatic heterocycles. The van der Waals surface area contributed by atoms with E-state index < -0.39 is 24.7 Å². The first-order valence-electron chi connectivity index (χ1n) is 5.77. The number of hydrogen-bond acceptors (Lipinski definition) is 1. The predicted molar refractivity (Wildman–Crippen MR) is 68.2 cm³/mol. The molecule has 0 heterocycles. The molecule has 0 spiro atoms. The van der Waals surface area contributed by atoms with Crippen molar-refractivity contribution in [2.45, 2.75) is 31.9 Å². The molecule has 1 aromatic carbocycles. The highest BCUT2D eigenvalue weighted by atomic mass is 35.5. The summed E-state index contributed by atoms with van der Waals surface area (Å²) in [6.45, 7) is 1.86. The molecule has 0 atom stereocenters. The zero-order valence-corrected chi connectivity index (χ0v) is 11.4. The molecule has 6 heteroatoms. The van der Waals surface area contributed by atoms with Gasteiger partial charge in [0.15, 0.2) is 0 Å². The van der Waals surface area contributed by atoms with Crippen LogP contribution in [0.15, 0.2) is 24.3 Å². The molecule has 0 bridgehead atoms. The van der Waals surface area contributed by atoms with Crippen LogP contribution in [0.4, 0.5) is 13.2 Å². The molecule has 1 aromatic rings. The molecular weight excluding hydrogens is 279 g/mol. The van der Waals surface area contributed by atoms with E-state index in [2.05, 4.69) is 0 Å². The Bertz CT molecular complexity index is 429. The van der Waals surface area contributed by atoms with Gasteiger partial charge in [0.2, 0.25) is 0 Å². The van der Waals surface area contributed by atoms with E-state index in [9.17, 15) is 18.0 Å². The molecular formula is C13H15ClF3NO. The number of rotatable bonds is 4. The van der Waals surface area contributed by atoms with Crippen molar-refractivity contribution in [1.29, 1.82) is 0 Å². The van der Waals surface area contributed by atoms with E-state index in [1.54, 1.807) is 26.0 Å². The summed E-state index contributed by atoms with van der Waals surface area (Å²) >= 11 is 5.61. The van der Waals surface area contributed by atoms with E-state index in [4.69, 9.17) is 11.6 Å². The second-order valence-electron chi connectivity index (χ2n) is 4.47. The standard InChI is InChI=1S/C13H15ClF3NO/c1-9(2)18(8-13(15,16)17)12(19)11-5-3-10(7-14)4-6-11/h3-6,9H,7-8H2,1-2H3. The van der Waals surface area contributed by atoms with Crippen molar-refractivity contribution in [3.05, 3.63) is 35.4 Å². The smallest absolute Gasteiger partial charge is 0.327 e. The summed E-state index contributed by atoms with van der Waals surface area (Å²) < 4.78 is 37.3. The predicted octanol–water partition coefficient (Wildman–Crippen LogP) is 3.84. The fourth-order valence-corrected chi connectivity index (χ4v) is 1.76. The maximum Gasteiger partial charge on any atom is 0.406 e. The van der Waals surface area contributed by atoms with E-state index in [1.165, 1.54) is 12.1 Å². The Kier molecular flexibility index (Phi) is 5.23. The quantitative estimate of drug-likeness (QED) is 0.773. The van der Waals surface area contributed by atoms with Crippen LogP contribution in [0.1, 0.15) is 29.8 Å². The van der Waals surface area contributed by atoms with Crippen LogP contribution >= 0.6 is 11.6 Å². The highest BCUT2D eigenvalue weighted by molar-refractivity contribution is 6.17. The maximum atomic E-state index is 12.4. The molecule has 0 aliphatic carbocycles. The van der Waals surface area contributed by atoms with Crippen LogP contribution in [0, 0.1) is 0 Å². The Labute approximate surface area is 115 Å². The van der Waals surface area contributed by atoms with Crippen LogP contribution < -0.4 is 0 Å². The number of carbonyl (C=O) groups is 1. The van der Waals surface area contributed by atoms with Gasteiger partial charge in [0.25, 0.3) is 5.91 Å². The minimum atomic E-state index is -4.41. The second-order valence-corrected chi connectivity index (χ2v) is 4.74. The maximum absolute atomic E-state index is 12.4. The highest BCUT2D eigenvalue weighted by Crippen LogP contribution is 2.20. The average molecular weight is 294 g/mol. The van der Waals surface area contributed by atoms with Gasteiger partial charge < -0.3 is 4.90 Å².